The van der Waals surface area contributed by atoms with Crippen LogP contribution < -0.4 is 0 Å². The quantitative estimate of drug-likeness (QED) is 0.572. The summed E-state index contributed by atoms with van der Waals surface area (Å²) in [4.78, 5) is 2.73. The van der Waals surface area contributed by atoms with E-state index in [1.807, 2.05) is 0 Å². The second-order valence-electron chi connectivity index (χ2n) is 5.54. The van der Waals surface area contributed by atoms with Gasteiger partial charge >= 0.3 is 0 Å². The van der Waals surface area contributed by atoms with E-state index in [-0.39, 0.29) is 0 Å². The Bertz CT molecular complexity index is 182. The highest BCUT2D eigenvalue weighted by Crippen LogP contribution is 2.23. The largest absolute Gasteiger partial charge is 0.300 e. The summed E-state index contributed by atoms with van der Waals surface area (Å²) in [6.07, 6.45) is 10.8. The Morgan fingerprint density at radius 2 is 2.12 bits per heavy atom. The molecule has 1 nitrogen and oxygen atoms in total. The molecular formula is C15H30ClN. The van der Waals surface area contributed by atoms with Crippen molar-refractivity contribution in [2.45, 2.75) is 71.3 Å². The number of nitrogens with zero attached hydrogens (tertiary/aromatic N) is 1. The molecule has 2 atom stereocenters. The molecule has 0 aliphatic carbocycles. The van der Waals surface area contributed by atoms with Crippen molar-refractivity contribution in [1.82, 2.24) is 4.90 Å². The topological polar surface area (TPSA) is 3.24 Å². The minimum atomic E-state index is 0.775. The standard InChI is InChI=1S/C15H30ClN/c1-3-5-8-14(4-2)13-17-12-7-6-9-15(17)10-11-16/h14-15H,3-13H2,1-2H3. The minimum absolute atomic E-state index is 0.775. The molecule has 1 heterocycles. The first kappa shape index (κ1) is 15.3. The van der Waals surface area contributed by atoms with Crippen molar-refractivity contribution in [3.63, 3.8) is 0 Å². The van der Waals surface area contributed by atoms with Crippen LogP contribution in [0.4, 0.5) is 0 Å². The maximum absolute atomic E-state index is 5.93. The number of likely N-dealkylation sites (tertiary alicyclic amines) is 1. The molecule has 0 radical (unpaired) electrons. The van der Waals surface area contributed by atoms with Crippen LogP contribution in [0.15, 0.2) is 0 Å². The highest BCUT2D eigenvalue weighted by atomic mass is 35.5. The summed E-state index contributed by atoms with van der Waals surface area (Å²) < 4.78 is 0. The SMILES string of the molecule is CCCCC(CC)CN1CCCCC1CCCl. The molecule has 0 bridgehead atoms. The maximum Gasteiger partial charge on any atom is 0.0238 e. The lowest BCUT2D eigenvalue weighted by molar-refractivity contribution is 0.117. The smallest absolute Gasteiger partial charge is 0.0238 e. The molecule has 0 aromatic rings. The van der Waals surface area contributed by atoms with Gasteiger partial charge in [0.05, 0.1) is 0 Å². The first-order valence-corrected chi connectivity index (χ1v) is 8.15. The van der Waals surface area contributed by atoms with Crippen LogP contribution >= 0.6 is 11.6 Å². The van der Waals surface area contributed by atoms with Gasteiger partial charge in [-0.15, -0.1) is 11.6 Å². The number of hydrogen-bond acceptors (Lipinski definition) is 1. The summed E-state index contributed by atoms with van der Waals surface area (Å²) in [6.45, 7) is 7.27. The lowest BCUT2D eigenvalue weighted by atomic mass is 9.94. The first-order chi connectivity index (χ1) is 8.31. The molecule has 1 fully saturated rings. The van der Waals surface area contributed by atoms with E-state index < -0.39 is 0 Å². The Morgan fingerprint density at radius 3 is 2.76 bits per heavy atom. The van der Waals surface area contributed by atoms with E-state index in [0.29, 0.717) is 0 Å². The lowest BCUT2D eigenvalue weighted by Crippen LogP contribution is -2.42. The molecule has 2 unspecified atom stereocenters. The van der Waals surface area contributed by atoms with Gasteiger partial charge in [0.1, 0.15) is 0 Å². The van der Waals surface area contributed by atoms with E-state index in [9.17, 15) is 0 Å². The molecule has 0 aromatic heterocycles. The Labute approximate surface area is 113 Å². The fraction of sp³-hybridized carbons (Fsp3) is 1.00. The van der Waals surface area contributed by atoms with Crippen molar-refractivity contribution in [2.75, 3.05) is 19.0 Å². The van der Waals surface area contributed by atoms with Gasteiger partial charge < -0.3 is 4.90 Å². The van der Waals surface area contributed by atoms with Gasteiger partial charge in [-0.3, -0.25) is 0 Å². The highest BCUT2D eigenvalue weighted by molar-refractivity contribution is 6.17. The van der Waals surface area contributed by atoms with Crippen molar-refractivity contribution in [1.29, 1.82) is 0 Å². The van der Waals surface area contributed by atoms with Crippen LogP contribution in [0.2, 0.25) is 0 Å². The third-order valence-corrected chi connectivity index (χ3v) is 4.45. The zero-order chi connectivity index (χ0) is 12.5. The molecule has 0 N–H and O–H groups in total. The number of rotatable bonds is 8. The molecule has 0 spiro atoms. The Kier molecular flexibility index (Phi) is 8.30. The number of alkyl halides is 1. The van der Waals surface area contributed by atoms with Crippen LogP contribution in [-0.4, -0.2) is 29.9 Å². The van der Waals surface area contributed by atoms with E-state index in [1.54, 1.807) is 0 Å². The first-order valence-electron chi connectivity index (χ1n) is 7.61. The number of piperidine rings is 1. The van der Waals surface area contributed by atoms with Gasteiger partial charge in [0, 0.05) is 18.5 Å². The molecule has 102 valence electrons. The minimum Gasteiger partial charge on any atom is -0.300 e. The maximum atomic E-state index is 5.93. The predicted octanol–water partition coefficient (Wildman–Crippen LogP) is 4.69. The summed E-state index contributed by atoms with van der Waals surface area (Å²) in [5.41, 5.74) is 0. The molecule has 0 saturated carbocycles. The highest BCUT2D eigenvalue weighted by Gasteiger charge is 2.23. The summed E-state index contributed by atoms with van der Waals surface area (Å²) in [5.74, 6) is 1.73. The van der Waals surface area contributed by atoms with Crippen LogP contribution in [0.25, 0.3) is 0 Å². The zero-order valence-electron chi connectivity index (χ0n) is 11.8. The van der Waals surface area contributed by atoms with E-state index in [1.165, 1.54) is 64.5 Å². The molecule has 1 aliphatic heterocycles. The number of unbranched alkanes of at least 4 members (excludes halogenated alkanes) is 1. The van der Waals surface area contributed by atoms with Crippen molar-refractivity contribution in [3.05, 3.63) is 0 Å². The molecule has 1 aliphatic rings. The van der Waals surface area contributed by atoms with Gasteiger partial charge in [-0.05, 0) is 38.1 Å². The monoisotopic (exact) mass is 259 g/mol. The number of hydrogen-bond donors (Lipinski definition) is 0. The molecule has 17 heavy (non-hydrogen) atoms. The predicted molar refractivity (Wildman–Crippen MR) is 77.9 cm³/mol. The van der Waals surface area contributed by atoms with Gasteiger partial charge in [-0.2, -0.15) is 0 Å². The van der Waals surface area contributed by atoms with Crippen LogP contribution in [0, 0.1) is 5.92 Å². The van der Waals surface area contributed by atoms with Crippen LogP contribution in [0.5, 0.6) is 0 Å². The summed E-state index contributed by atoms with van der Waals surface area (Å²) >= 11 is 5.93. The Morgan fingerprint density at radius 1 is 1.29 bits per heavy atom. The van der Waals surface area contributed by atoms with Gasteiger partial charge in [0.25, 0.3) is 0 Å². The van der Waals surface area contributed by atoms with E-state index in [4.69, 9.17) is 11.6 Å². The lowest BCUT2D eigenvalue weighted by Gasteiger charge is -2.37. The van der Waals surface area contributed by atoms with Crippen LogP contribution in [0.3, 0.4) is 0 Å². The van der Waals surface area contributed by atoms with Crippen molar-refractivity contribution >= 4 is 11.6 Å². The molecule has 1 rings (SSSR count). The van der Waals surface area contributed by atoms with Gasteiger partial charge in [0.15, 0.2) is 0 Å². The average Bonchev–Trinajstić information content (AvgIpc) is 2.36. The summed E-state index contributed by atoms with van der Waals surface area (Å²) in [5, 5.41) is 0. The van der Waals surface area contributed by atoms with Gasteiger partial charge in [-0.1, -0.05) is 39.5 Å². The molecular weight excluding hydrogens is 230 g/mol. The van der Waals surface area contributed by atoms with Gasteiger partial charge in [-0.25, -0.2) is 0 Å². The van der Waals surface area contributed by atoms with Crippen LogP contribution in [0.1, 0.15) is 65.2 Å². The van der Waals surface area contributed by atoms with Gasteiger partial charge in [0.2, 0.25) is 0 Å². The molecule has 0 amide bonds. The normalized spacial score (nSPS) is 23.8. The van der Waals surface area contributed by atoms with Crippen molar-refractivity contribution in [3.8, 4) is 0 Å². The van der Waals surface area contributed by atoms with Crippen molar-refractivity contribution in [2.24, 2.45) is 5.92 Å². The third-order valence-electron chi connectivity index (χ3n) is 4.23. The second kappa shape index (κ2) is 9.22. The van der Waals surface area contributed by atoms with Crippen LogP contribution in [-0.2, 0) is 0 Å². The number of halogens is 1. The molecule has 0 aromatic carbocycles. The average molecular weight is 260 g/mol. The summed E-state index contributed by atoms with van der Waals surface area (Å²) in [6, 6.07) is 0.775. The third kappa shape index (κ3) is 5.61. The Balaban J connectivity index is 2.38. The fourth-order valence-electron chi connectivity index (χ4n) is 3.00. The fourth-order valence-corrected chi connectivity index (χ4v) is 3.25. The van der Waals surface area contributed by atoms with Crippen molar-refractivity contribution < 1.29 is 0 Å². The van der Waals surface area contributed by atoms with E-state index in [0.717, 1.165) is 17.8 Å². The Hall–Kier alpha value is 0.250. The zero-order valence-corrected chi connectivity index (χ0v) is 12.5. The molecule has 2 heteroatoms. The van der Waals surface area contributed by atoms with E-state index >= 15 is 0 Å². The van der Waals surface area contributed by atoms with E-state index in [2.05, 4.69) is 18.7 Å². The summed E-state index contributed by atoms with van der Waals surface area (Å²) in [7, 11) is 0. The molecule has 1 saturated heterocycles. The second-order valence-corrected chi connectivity index (χ2v) is 5.92.